The van der Waals surface area contributed by atoms with Crippen LogP contribution in [0.15, 0.2) is 24.3 Å². The molecule has 0 aromatic heterocycles. The third kappa shape index (κ3) is 2.98. The number of amides is 1. The molecule has 1 aromatic rings. The molecule has 2 unspecified atom stereocenters. The lowest BCUT2D eigenvalue weighted by molar-refractivity contribution is -0.146. The number of carboxylic acids is 1. The van der Waals surface area contributed by atoms with Gasteiger partial charge in [0.15, 0.2) is 0 Å². The fraction of sp³-hybridized carbons (Fsp3) is 0.467. The van der Waals surface area contributed by atoms with Gasteiger partial charge in [0.2, 0.25) is 5.91 Å². The van der Waals surface area contributed by atoms with E-state index in [0.29, 0.717) is 18.4 Å². The maximum atomic E-state index is 13.6. The summed E-state index contributed by atoms with van der Waals surface area (Å²) in [5.74, 6) is -2.74. The van der Waals surface area contributed by atoms with Gasteiger partial charge in [-0.25, -0.2) is 4.39 Å². The molecule has 2 rings (SSSR count). The van der Waals surface area contributed by atoms with Crippen LogP contribution in [-0.2, 0) is 9.59 Å². The van der Waals surface area contributed by atoms with E-state index in [0.717, 1.165) is 6.42 Å². The van der Waals surface area contributed by atoms with E-state index in [2.05, 4.69) is 5.32 Å². The second-order valence-electron chi connectivity index (χ2n) is 5.23. The fourth-order valence-corrected chi connectivity index (χ4v) is 2.79. The zero-order chi connectivity index (χ0) is 14.7. The van der Waals surface area contributed by atoms with Crippen LogP contribution in [0.5, 0.6) is 0 Å². The van der Waals surface area contributed by atoms with E-state index in [1.54, 1.807) is 25.1 Å². The molecule has 3 atom stereocenters. The van der Waals surface area contributed by atoms with Crippen molar-refractivity contribution in [2.45, 2.75) is 32.2 Å². The lowest BCUT2D eigenvalue weighted by atomic mass is 9.94. The molecule has 0 radical (unpaired) electrons. The van der Waals surface area contributed by atoms with Crippen LogP contribution in [-0.4, -0.2) is 17.0 Å². The van der Waals surface area contributed by atoms with Gasteiger partial charge in [0.05, 0.1) is 17.9 Å². The Labute approximate surface area is 117 Å². The van der Waals surface area contributed by atoms with Crippen molar-refractivity contribution in [1.82, 2.24) is 5.32 Å². The van der Waals surface area contributed by atoms with Gasteiger partial charge in [-0.15, -0.1) is 0 Å². The minimum Gasteiger partial charge on any atom is -0.481 e. The molecule has 1 amide bonds. The van der Waals surface area contributed by atoms with Crippen molar-refractivity contribution in [3.8, 4) is 0 Å². The molecule has 0 bridgehead atoms. The smallest absolute Gasteiger partial charge is 0.307 e. The average Bonchev–Trinajstić information content (AvgIpc) is 2.88. The summed E-state index contributed by atoms with van der Waals surface area (Å²) in [5, 5.41) is 11.8. The number of carboxylic acid groups (broad SMARTS) is 1. The molecule has 5 heteroatoms. The van der Waals surface area contributed by atoms with Gasteiger partial charge < -0.3 is 10.4 Å². The van der Waals surface area contributed by atoms with Crippen molar-refractivity contribution in [2.24, 2.45) is 11.8 Å². The molecule has 1 aliphatic carbocycles. The van der Waals surface area contributed by atoms with Crippen molar-refractivity contribution < 1.29 is 19.1 Å². The number of aliphatic carboxylic acids is 1. The third-order valence-electron chi connectivity index (χ3n) is 3.90. The second-order valence-corrected chi connectivity index (χ2v) is 5.23. The molecule has 1 aromatic carbocycles. The average molecular weight is 279 g/mol. The van der Waals surface area contributed by atoms with Crippen molar-refractivity contribution in [2.75, 3.05) is 0 Å². The van der Waals surface area contributed by atoms with Gasteiger partial charge >= 0.3 is 5.97 Å². The van der Waals surface area contributed by atoms with Crippen molar-refractivity contribution in [3.05, 3.63) is 35.6 Å². The molecule has 1 aliphatic rings. The van der Waals surface area contributed by atoms with Crippen LogP contribution in [0.25, 0.3) is 0 Å². The molecule has 2 N–H and O–H groups in total. The predicted molar refractivity (Wildman–Crippen MR) is 71.4 cm³/mol. The number of hydrogen-bond acceptors (Lipinski definition) is 2. The van der Waals surface area contributed by atoms with E-state index in [9.17, 15) is 14.0 Å². The number of hydrogen-bond donors (Lipinski definition) is 2. The molecule has 20 heavy (non-hydrogen) atoms. The van der Waals surface area contributed by atoms with E-state index in [4.69, 9.17) is 5.11 Å². The Morgan fingerprint density at radius 3 is 2.60 bits per heavy atom. The van der Waals surface area contributed by atoms with Crippen LogP contribution in [0.2, 0.25) is 0 Å². The van der Waals surface area contributed by atoms with Crippen molar-refractivity contribution >= 4 is 11.9 Å². The molecule has 4 nitrogen and oxygen atoms in total. The second kappa shape index (κ2) is 6.03. The first-order valence-electron chi connectivity index (χ1n) is 6.78. The van der Waals surface area contributed by atoms with Gasteiger partial charge in [-0.05, 0) is 25.8 Å². The zero-order valence-electron chi connectivity index (χ0n) is 11.3. The first-order valence-corrected chi connectivity index (χ1v) is 6.78. The number of benzene rings is 1. The van der Waals surface area contributed by atoms with E-state index < -0.39 is 23.8 Å². The topological polar surface area (TPSA) is 66.4 Å². The minimum atomic E-state index is -0.929. The lowest BCUT2D eigenvalue weighted by Crippen LogP contribution is -2.36. The molecule has 0 saturated heterocycles. The van der Waals surface area contributed by atoms with Crippen LogP contribution in [0.3, 0.4) is 0 Å². The van der Waals surface area contributed by atoms with Crippen LogP contribution in [0, 0.1) is 17.7 Å². The van der Waals surface area contributed by atoms with Crippen LogP contribution < -0.4 is 5.32 Å². The predicted octanol–water partition coefficient (Wildman–Crippen LogP) is 2.50. The van der Waals surface area contributed by atoms with Crippen LogP contribution in [0.1, 0.15) is 37.8 Å². The highest BCUT2D eigenvalue weighted by Gasteiger charge is 2.38. The van der Waals surface area contributed by atoms with Gasteiger partial charge in [0.1, 0.15) is 5.82 Å². The van der Waals surface area contributed by atoms with Gasteiger partial charge in [-0.2, -0.15) is 0 Å². The summed E-state index contributed by atoms with van der Waals surface area (Å²) >= 11 is 0. The van der Waals surface area contributed by atoms with Gasteiger partial charge in [-0.1, -0.05) is 24.6 Å². The van der Waals surface area contributed by atoms with Crippen molar-refractivity contribution in [1.29, 1.82) is 0 Å². The normalized spacial score (nSPS) is 23.3. The van der Waals surface area contributed by atoms with Gasteiger partial charge in [-0.3, -0.25) is 9.59 Å². The monoisotopic (exact) mass is 279 g/mol. The number of rotatable bonds is 4. The highest BCUT2D eigenvalue weighted by atomic mass is 19.1. The van der Waals surface area contributed by atoms with Crippen LogP contribution in [0.4, 0.5) is 4.39 Å². The Kier molecular flexibility index (Phi) is 4.37. The Bertz CT molecular complexity index is 518. The molecular formula is C15H18FNO3. The van der Waals surface area contributed by atoms with Crippen molar-refractivity contribution in [3.63, 3.8) is 0 Å². The summed E-state index contributed by atoms with van der Waals surface area (Å²) in [6.07, 6.45) is 1.84. The number of nitrogens with one attached hydrogen (secondary N) is 1. The SMILES string of the molecule is C[C@H](NC(=O)C1CCCC1C(=O)O)c1ccccc1F. The first kappa shape index (κ1) is 14.5. The third-order valence-corrected chi connectivity index (χ3v) is 3.90. The first-order chi connectivity index (χ1) is 9.50. The summed E-state index contributed by atoms with van der Waals surface area (Å²) in [7, 11) is 0. The highest BCUT2D eigenvalue weighted by Crippen LogP contribution is 2.32. The largest absolute Gasteiger partial charge is 0.481 e. The summed E-state index contributed by atoms with van der Waals surface area (Å²) in [5.41, 5.74) is 0.408. The number of carbonyl (C=O) groups excluding carboxylic acids is 1. The summed E-state index contributed by atoms with van der Waals surface area (Å²) in [6, 6.07) is 5.78. The maximum absolute atomic E-state index is 13.6. The highest BCUT2D eigenvalue weighted by molar-refractivity contribution is 5.85. The van der Waals surface area contributed by atoms with Gasteiger partial charge in [0, 0.05) is 5.56 Å². The minimum absolute atomic E-state index is 0.300. The summed E-state index contributed by atoms with van der Waals surface area (Å²) in [4.78, 5) is 23.2. The molecule has 1 fully saturated rings. The standard InChI is InChI=1S/C15H18FNO3/c1-9(10-5-2-3-8-13(10)16)17-14(18)11-6-4-7-12(11)15(19)20/h2-3,5,8-9,11-12H,4,6-7H2,1H3,(H,17,18)(H,19,20)/t9-,11?,12?/m0/s1. The fourth-order valence-electron chi connectivity index (χ4n) is 2.79. The van der Waals surface area contributed by atoms with E-state index in [1.807, 2.05) is 0 Å². The molecule has 108 valence electrons. The molecular weight excluding hydrogens is 261 g/mol. The summed E-state index contributed by atoms with van der Waals surface area (Å²) < 4.78 is 13.6. The van der Waals surface area contributed by atoms with E-state index >= 15 is 0 Å². The molecule has 0 heterocycles. The van der Waals surface area contributed by atoms with Crippen LogP contribution >= 0.6 is 0 Å². The Balaban J connectivity index is 2.04. The molecule has 1 saturated carbocycles. The van der Waals surface area contributed by atoms with Gasteiger partial charge in [0.25, 0.3) is 0 Å². The van der Waals surface area contributed by atoms with E-state index in [-0.39, 0.29) is 11.7 Å². The van der Waals surface area contributed by atoms with E-state index in [1.165, 1.54) is 6.07 Å². The Morgan fingerprint density at radius 1 is 1.30 bits per heavy atom. The zero-order valence-corrected chi connectivity index (χ0v) is 11.3. The Hall–Kier alpha value is -1.91. The quantitative estimate of drug-likeness (QED) is 0.890. The Morgan fingerprint density at radius 2 is 1.95 bits per heavy atom. The lowest BCUT2D eigenvalue weighted by Gasteiger charge is -2.20. The summed E-state index contributed by atoms with van der Waals surface area (Å²) in [6.45, 7) is 1.70. The number of carbonyl (C=O) groups is 2. The number of halogens is 1. The molecule has 0 spiro atoms. The maximum Gasteiger partial charge on any atom is 0.307 e. The molecule has 0 aliphatic heterocycles.